The molecule has 1 saturated heterocycles. The molecule has 24 heavy (non-hydrogen) atoms. The highest BCUT2D eigenvalue weighted by Crippen LogP contribution is 2.65. The van der Waals surface area contributed by atoms with Gasteiger partial charge in [-0.05, 0) is 67.2 Å². The predicted molar refractivity (Wildman–Crippen MR) is 91.0 cm³/mol. The largest absolute Gasteiger partial charge is 0.367 e. The number of amides is 2. The average Bonchev–Trinajstić information content (AvgIpc) is 3.35. The van der Waals surface area contributed by atoms with Gasteiger partial charge in [0.25, 0.3) is 0 Å². The second-order valence-corrected chi connectivity index (χ2v) is 7.89. The number of carbonyl (C=O) groups excluding carboxylic acids is 2. The first-order valence-electron chi connectivity index (χ1n) is 8.91. The van der Waals surface area contributed by atoms with Gasteiger partial charge in [0.2, 0.25) is 11.8 Å². The maximum absolute atomic E-state index is 12.9. The van der Waals surface area contributed by atoms with Gasteiger partial charge >= 0.3 is 0 Å². The minimum absolute atomic E-state index is 0.0334. The monoisotopic (exact) mass is 322 g/mol. The lowest BCUT2D eigenvalue weighted by molar-refractivity contribution is -0.139. The van der Waals surface area contributed by atoms with Crippen LogP contribution in [0.1, 0.15) is 17.5 Å². The van der Waals surface area contributed by atoms with E-state index >= 15 is 0 Å². The van der Waals surface area contributed by atoms with Crippen molar-refractivity contribution in [2.45, 2.75) is 20.3 Å². The van der Waals surface area contributed by atoms with Gasteiger partial charge in [0, 0.05) is 5.69 Å². The van der Waals surface area contributed by atoms with Crippen LogP contribution in [0, 0.1) is 49.4 Å². The van der Waals surface area contributed by atoms with E-state index in [1.165, 1.54) is 22.4 Å². The molecule has 2 bridgehead atoms. The van der Waals surface area contributed by atoms with Crippen molar-refractivity contribution in [2.24, 2.45) is 35.5 Å². The Balaban J connectivity index is 1.36. The van der Waals surface area contributed by atoms with E-state index in [1.807, 2.05) is 6.07 Å². The van der Waals surface area contributed by atoms with E-state index < -0.39 is 0 Å². The first-order valence-corrected chi connectivity index (χ1v) is 8.91. The van der Waals surface area contributed by atoms with Crippen molar-refractivity contribution in [3.8, 4) is 0 Å². The van der Waals surface area contributed by atoms with E-state index in [0.717, 1.165) is 5.69 Å². The molecule has 0 spiro atoms. The lowest BCUT2D eigenvalue weighted by atomic mass is 9.63. The summed E-state index contributed by atoms with van der Waals surface area (Å²) in [5.41, 5.74) is 3.40. The van der Waals surface area contributed by atoms with Crippen LogP contribution in [0.5, 0.6) is 0 Å². The predicted octanol–water partition coefficient (Wildman–Crippen LogP) is 2.73. The fourth-order valence-electron chi connectivity index (χ4n) is 5.20. The van der Waals surface area contributed by atoms with Gasteiger partial charge in [-0.1, -0.05) is 18.2 Å². The number of benzene rings is 1. The van der Waals surface area contributed by atoms with Crippen molar-refractivity contribution in [1.29, 1.82) is 0 Å². The molecule has 2 amide bonds. The van der Waals surface area contributed by atoms with Gasteiger partial charge in [-0.3, -0.25) is 14.5 Å². The molecule has 1 aliphatic heterocycles. The Bertz CT molecular complexity index is 748. The molecule has 0 radical (unpaired) electrons. The first kappa shape index (κ1) is 14.3. The van der Waals surface area contributed by atoms with Crippen molar-refractivity contribution in [3.05, 3.63) is 41.5 Å². The number of nitrogens with one attached hydrogen (secondary N) is 1. The maximum atomic E-state index is 12.9. The molecular formula is C20H22N2O2. The molecule has 4 aliphatic carbocycles. The highest BCUT2D eigenvalue weighted by Gasteiger charge is 2.66. The summed E-state index contributed by atoms with van der Waals surface area (Å²) < 4.78 is 0. The molecule has 1 aromatic rings. The number of nitrogens with zero attached hydrogens (tertiary/aromatic N) is 1. The van der Waals surface area contributed by atoms with E-state index in [9.17, 15) is 9.59 Å². The zero-order chi connectivity index (χ0) is 16.6. The normalized spacial score (nSPS) is 38.3. The van der Waals surface area contributed by atoms with Crippen LogP contribution in [-0.2, 0) is 9.59 Å². The fraction of sp³-hybridized carbons (Fsp3) is 0.500. The topological polar surface area (TPSA) is 49.4 Å². The number of rotatable bonds is 3. The number of allylic oxidation sites excluding steroid dienone is 2. The number of imide groups is 1. The van der Waals surface area contributed by atoms with Gasteiger partial charge < -0.3 is 5.32 Å². The molecule has 4 nitrogen and oxygen atoms in total. The minimum atomic E-state index is -0.0993. The smallest absolute Gasteiger partial charge is 0.235 e. The average molecular weight is 322 g/mol. The van der Waals surface area contributed by atoms with Crippen molar-refractivity contribution in [3.63, 3.8) is 0 Å². The molecule has 4 heteroatoms. The summed E-state index contributed by atoms with van der Waals surface area (Å²) in [5, 5.41) is 3.26. The van der Waals surface area contributed by atoms with Gasteiger partial charge in [-0.25, -0.2) is 0 Å². The van der Waals surface area contributed by atoms with Crippen LogP contribution in [0.25, 0.3) is 0 Å². The van der Waals surface area contributed by atoms with Crippen LogP contribution in [0.2, 0.25) is 0 Å². The molecule has 5 aliphatic rings. The standard InChI is InChI=1S/C20H22N2O2/c1-10-3-4-12(7-11(10)2)21-9-22-19(23)17-13-5-6-14(16-8-15(13)16)18(17)20(22)24/h3-7,13-18,21H,8-9H2,1-2H3/t13-,14+,15-,16-,17+,18+/m1/s1. The summed E-state index contributed by atoms with van der Waals surface area (Å²) in [5.74, 6) is 1.78. The Morgan fingerprint density at radius 3 is 2.21 bits per heavy atom. The SMILES string of the molecule is Cc1ccc(NCN2C(=O)[C@H]3[C@@H]4C=C[C@@H]([C@H]5C[C@H]45)[C@@H]3C2=O)cc1C. The van der Waals surface area contributed by atoms with E-state index in [0.29, 0.717) is 23.7 Å². The summed E-state index contributed by atoms with van der Waals surface area (Å²) in [7, 11) is 0. The third-order valence-corrected chi connectivity index (χ3v) is 6.70. The summed E-state index contributed by atoms with van der Waals surface area (Å²) >= 11 is 0. The third kappa shape index (κ3) is 1.80. The van der Waals surface area contributed by atoms with E-state index in [4.69, 9.17) is 0 Å². The van der Waals surface area contributed by atoms with Crippen LogP contribution >= 0.6 is 0 Å². The van der Waals surface area contributed by atoms with Crippen molar-refractivity contribution in [1.82, 2.24) is 4.90 Å². The molecule has 1 heterocycles. The van der Waals surface area contributed by atoms with E-state index in [1.54, 1.807) is 0 Å². The number of hydrogen-bond acceptors (Lipinski definition) is 3. The van der Waals surface area contributed by atoms with Crippen LogP contribution in [-0.4, -0.2) is 23.4 Å². The third-order valence-electron chi connectivity index (χ3n) is 6.70. The summed E-state index contributed by atoms with van der Waals surface area (Å²) in [6.07, 6.45) is 5.63. The maximum Gasteiger partial charge on any atom is 0.235 e. The van der Waals surface area contributed by atoms with E-state index in [2.05, 4.69) is 43.4 Å². The van der Waals surface area contributed by atoms with E-state index in [-0.39, 0.29) is 30.3 Å². The Hall–Kier alpha value is -2.10. The van der Waals surface area contributed by atoms with Gasteiger partial charge in [-0.2, -0.15) is 0 Å². The number of hydrogen-bond donors (Lipinski definition) is 1. The van der Waals surface area contributed by atoms with Gasteiger partial charge in [0.05, 0.1) is 18.5 Å². The summed E-state index contributed by atoms with van der Waals surface area (Å²) in [4.78, 5) is 27.2. The zero-order valence-corrected chi connectivity index (χ0v) is 14.0. The van der Waals surface area contributed by atoms with Crippen LogP contribution < -0.4 is 5.32 Å². The van der Waals surface area contributed by atoms with Crippen LogP contribution in [0.15, 0.2) is 30.4 Å². The lowest BCUT2D eigenvalue weighted by Gasteiger charge is -2.37. The summed E-state index contributed by atoms with van der Waals surface area (Å²) in [6.45, 7) is 4.42. The van der Waals surface area contributed by atoms with Gasteiger partial charge in [0.1, 0.15) is 0 Å². The summed E-state index contributed by atoms with van der Waals surface area (Å²) in [6, 6.07) is 6.12. The molecule has 6 rings (SSSR count). The molecule has 3 fully saturated rings. The molecule has 0 unspecified atom stereocenters. The molecule has 124 valence electrons. The van der Waals surface area contributed by atoms with Gasteiger partial charge in [-0.15, -0.1) is 0 Å². The molecule has 1 N–H and O–H groups in total. The number of likely N-dealkylation sites (tertiary alicyclic amines) is 1. The highest BCUT2D eigenvalue weighted by molar-refractivity contribution is 6.06. The number of aryl methyl sites for hydroxylation is 2. The minimum Gasteiger partial charge on any atom is -0.367 e. The Morgan fingerprint density at radius 1 is 1.00 bits per heavy atom. The van der Waals surface area contributed by atoms with Crippen molar-refractivity contribution < 1.29 is 9.59 Å². The van der Waals surface area contributed by atoms with Crippen LogP contribution in [0.3, 0.4) is 0 Å². The Morgan fingerprint density at radius 2 is 1.62 bits per heavy atom. The first-order chi connectivity index (χ1) is 11.6. The second-order valence-electron chi connectivity index (χ2n) is 7.89. The van der Waals surface area contributed by atoms with Gasteiger partial charge in [0.15, 0.2) is 0 Å². The Kier molecular flexibility index (Phi) is 2.80. The second kappa shape index (κ2) is 4.71. The van der Waals surface area contributed by atoms with Crippen molar-refractivity contribution in [2.75, 3.05) is 12.0 Å². The van der Waals surface area contributed by atoms with Crippen molar-refractivity contribution >= 4 is 17.5 Å². The molecule has 1 aromatic carbocycles. The molecular weight excluding hydrogens is 300 g/mol. The molecule has 0 aromatic heterocycles. The molecule has 2 saturated carbocycles. The number of anilines is 1. The van der Waals surface area contributed by atoms with Crippen LogP contribution in [0.4, 0.5) is 5.69 Å². The quantitative estimate of drug-likeness (QED) is 0.688. The number of carbonyl (C=O) groups is 2. The molecule has 6 atom stereocenters. The highest BCUT2D eigenvalue weighted by atomic mass is 16.2. The fourth-order valence-corrected chi connectivity index (χ4v) is 5.20. The lowest BCUT2D eigenvalue weighted by Crippen LogP contribution is -2.40. The zero-order valence-electron chi connectivity index (χ0n) is 14.0. The Labute approximate surface area is 141 Å².